The van der Waals surface area contributed by atoms with Gasteiger partial charge in [0.1, 0.15) is 17.5 Å². The minimum Gasteiger partial charge on any atom is -0.396 e. The van der Waals surface area contributed by atoms with E-state index in [0.717, 1.165) is 30.0 Å². The molecule has 0 radical (unpaired) electrons. The fourth-order valence-corrected chi connectivity index (χ4v) is 2.39. The number of nitrogen functional groups attached to an aromatic ring is 1. The first-order valence-electron chi connectivity index (χ1n) is 5.18. The first-order chi connectivity index (χ1) is 8.58. The van der Waals surface area contributed by atoms with E-state index in [0.29, 0.717) is 5.56 Å². The second kappa shape index (κ2) is 5.35. The fraction of sp³-hybridized carbons (Fsp3) is 0.0769. The van der Waals surface area contributed by atoms with Gasteiger partial charge >= 0.3 is 0 Å². The van der Waals surface area contributed by atoms with Gasteiger partial charge in [0.15, 0.2) is 0 Å². The Bertz CT molecular complexity index is 570. The molecule has 18 heavy (non-hydrogen) atoms. The van der Waals surface area contributed by atoms with Crippen LogP contribution in [0.25, 0.3) is 0 Å². The molecular weight excluding hydrogens is 259 g/mol. The van der Waals surface area contributed by atoms with Crippen molar-refractivity contribution < 1.29 is 13.2 Å². The third-order valence-electron chi connectivity index (χ3n) is 2.38. The minimum atomic E-state index is -0.522. The number of halogens is 3. The average molecular weight is 269 g/mol. The van der Waals surface area contributed by atoms with Crippen molar-refractivity contribution >= 4 is 17.4 Å². The zero-order valence-electron chi connectivity index (χ0n) is 9.29. The van der Waals surface area contributed by atoms with Crippen molar-refractivity contribution in [3.05, 3.63) is 59.4 Å². The molecule has 0 aliphatic heterocycles. The topological polar surface area (TPSA) is 26.0 Å². The molecule has 0 aliphatic rings. The van der Waals surface area contributed by atoms with Crippen molar-refractivity contribution in [1.82, 2.24) is 0 Å². The van der Waals surface area contributed by atoms with Crippen LogP contribution in [0.1, 0.15) is 5.56 Å². The van der Waals surface area contributed by atoms with Gasteiger partial charge in [-0.15, -0.1) is 11.8 Å². The number of hydrogen-bond acceptors (Lipinski definition) is 2. The second-order valence-corrected chi connectivity index (χ2v) is 4.70. The normalized spacial score (nSPS) is 10.6. The lowest BCUT2D eigenvalue weighted by Crippen LogP contribution is -1.95. The summed E-state index contributed by atoms with van der Waals surface area (Å²) in [7, 11) is 0. The number of thioether (sulfide) groups is 1. The van der Waals surface area contributed by atoms with Gasteiger partial charge in [0, 0.05) is 16.2 Å². The highest BCUT2D eigenvalue weighted by atomic mass is 32.2. The Balaban J connectivity index is 2.16. The molecule has 0 unspecified atom stereocenters. The first kappa shape index (κ1) is 12.8. The van der Waals surface area contributed by atoms with Gasteiger partial charge < -0.3 is 5.73 Å². The number of benzene rings is 2. The molecule has 0 fully saturated rings. The summed E-state index contributed by atoms with van der Waals surface area (Å²) in [5.74, 6) is -1.36. The van der Waals surface area contributed by atoms with Gasteiger partial charge in [0.2, 0.25) is 0 Å². The Morgan fingerprint density at radius 1 is 1.06 bits per heavy atom. The van der Waals surface area contributed by atoms with E-state index in [1.54, 1.807) is 12.1 Å². The van der Waals surface area contributed by atoms with Gasteiger partial charge in [0.05, 0.1) is 5.69 Å². The largest absolute Gasteiger partial charge is 0.396 e. The van der Waals surface area contributed by atoms with Crippen LogP contribution in [-0.4, -0.2) is 0 Å². The van der Waals surface area contributed by atoms with Crippen LogP contribution >= 0.6 is 11.8 Å². The Labute approximate surface area is 107 Å². The highest BCUT2D eigenvalue weighted by Crippen LogP contribution is 2.28. The summed E-state index contributed by atoms with van der Waals surface area (Å²) in [5, 5.41) is 0. The van der Waals surface area contributed by atoms with Crippen LogP contribution in [0, 0.1) is 17.5 Å². The van der Waals surface area contributed by atoms with E-state index in [1.807, 2.05) is 0 Å². The van der Waals surface area contributed by atoms with Crippen molar-refractivity contribution in [3.8, 4) is 0 Å². The quantitative estimate of drug-likeness (QED) is 0.673. The minimum absolute atomic E-state index is 0.0489. The van der Waals surface area contributed by atoms with Gasteiger partial charge in [-0.3, -0.25) is 0 Å². The van der Waals surface area contributed by atoms with Crippen LogP contribution in [0.4, 0.5) is 18.9 Å². The Morgan fingerprint density at radius 2 is 1.83 bits per heavy atom. The van der Waals surface area contributed by atoms with E-state index in [1.165, 1.54) is 6.07 Å². The highest BCUT2D eigenvalue weighted by Gasteiger charge is 2.09. The van der Waals surface area contributed by atoms with Gasteiger partial charge in [0.25, 0.3) is 0 Å². The molecule has 5 heteroatoms. The molecule has 2 N–H and O–H groups in total. The number of nitrogens with two attached hydrogens (primary N) is 1. The molecule has 0 saturated heterocycles. The molecule has 1 nitrogen and oxygen atoms in total. The van der Waals surface area contributed by atoms with E-state index in [2.05, 4.69) is 0 Å². The Morgan fingerprint density at radius 3 is 2.61 bits per heavy atom. The molecule has 0 spiro atoms. The summed E-state index contributed by atoms with van der Waals surface area (Å²) in [4.78, 5) is 0.150. The van der Waals surface area contributed by atoms with Crippen LogP contribution < -0.4 is 5.73 Å². The van der Waals surface area contributed by atoms with E-state index in [-0.39, 0.29) is 16.3 Å². The predicted octanol–water partition coefficient (Wildman–Crippen LogP) is 3.98. The molecular formula is C13H10F3NS. The van der Waals surface area contributed by atoms with Crippen LogP contribution in [0.3, 0.4) is 0 Å². The van der Waals surface area contributed by atoms with Gasteiger partial charge in [-0.2, -0.15) is 0 Å². The molecule has 2 aromatic carbocycles. The first-order valence-corrected chi connectivity index (χ1v) is 6.17. The highest BCUT2D eigenvalue weighted by molar-refractivity contribution is 7.98. The summed E-state index contributed by atoms with van der Waals surface area (Å²) in [6, 6.07) is 7.82. The van der Waals surface area contributed by atoms with E-state index >= 15 is 0 Å². The monoisotopic (exact) mass is 269 g/mol. The van der Waals surface area contributed by atoms with Gasteiger partial charge in [-0.05, 0) is 24.3 Å². The molecule has 0 aromatic heterocycles. The standard InChI is InChI=1S/C13H10F3NS/c14-9-4-5-10(15)12(6-9)18-7-8-2-1-3-11(17)13(8)16/h1-6H,7,17H2. The molecule has 2 rings (SSSR count). The van der Waals surface area contributed by atoms with E-state index in [9.17, 15) is 13.2 Å². The molecule has 0 saturated carbocycles. The number of hydrogen-bond donors (Lipinski definition) is 1. The molecule has 0 aliphatic carbocycles. The lowest BCUT2D eigenvalue weighted by atomic mass is 10.2. The van der Waals surface area contributed by atoms with Gasteiger partial charge in [-0.1, -0.05) is 12.1 Å². The summed E-state index contributed by atoms with van der Waals surface area (Å²) in [6.07, 6.45) is 0. The zero-order valence-corrected chi connectivity index (χ0v) is 10.1. The summed E-state index contributed by atoms with van der Waals surface area (Å²) in [6.45, 7) is 0. The molecule has 2 aromatic rings. The van der Waals surface area contributed by atoms with Crippen molar-refractivity contribution in [3.63, 3.8) is 0 Å². The maximum Gasteiger partial charge on any atom is 0.150 e. The maximum absolute atomic E-state index is 13.6. The van der Waals surface area contributed by atoms with E-state index in [4.69, 9.17) is 5.73 Å². The lowest BCUT2D eigenvalue weighted by molar-refractivity contribution is 0.577. The summed E-state index contributed by atoms with van der Waals surface area (Å²) >= 11 is 1.03. The van der Waals surface area contributed by atoms with Crippen molar-refractivity contribution in [1.29, 1.82) is 0 Å². The van der Waals surface area contributed by atoms with E-state index < -0.39 is 17.5 Å². The molecule has 0 amide bonds. The maximum atomic E-state index is 13.6. The number of rotatable bonds is 3. The zero-order chi connectivity index (χ0) is 13.1. The van der Waals surface area contributed by atoms with Crippen molar-refractivity contribution in [2.24, 2.45) is 0 Å². The molecule has 0 bridgehead atoms. The third-order valence-corrected chi connectivity index (χ3v) is 3.46. The summed E-state index contributed by atoms with van der Waals surface area (Å²) in [5.41, 5.74) is 5.84. The second-order valence-electron chi connectivity index (χ2n) is 3.68. The van der Waals surface area contributed by atoms with Crippen molar-refractivity contribution in [2.45, 2.75) is 10.6 Å². The predicted molar refractivity (Wildman–Crippen MR) is 66.7 cm³/mol. The Kier molecular flexibility index (Phi) is 3.81. The van der Waals surface area contributed by atoms with Crippen molar-refractivity contribution in [2.75, 3.05) is 5.73 Å². The third kappa shape index (κ3) is 2.79. The average Bonchev–Trinajstić information content (AvgIpc) is 2.35. The van der Waals surface area contributed by atoms with Crippen LogP contribution in [0.15, 0.2) is 41.3 Å². The SMILES string of the molecule is Nc1cccc(CSc2cc(F)ccc2F)c1F. The molecule has 94 valence electrons. The molecule has 0 atom stereocenters. The van der Waals surface area contributed by atoms with Crippen LogP contribution in [0.5, 0.6) is 0 Å². The molecule has 0 heterocycles. The number of anilines is 1. The van der Waals surface area contributed by atoms with Gasteiger partial charge in [-0.25, -0.2) is 13.2 Å². The summed E-state index contributed by atoms with van der Waals surface area (Å²) < 4.78 is 39.9. The van der Waals surface area contributed by atoms with Crippen LogP contribution in [0.2, 0.25) is 0 Å². The smallest absolute Gasteiger partial charge is 0.150 e. The Hall–Kier alpha value is -1.62. The van der Waals surface area contributed by atoms with Crippen LogP contribution in [-0.2, 0) is 5.75 Å². The fourth-order valence-electron chi connectivity index (χ4n) is 1.45. The lowest BCUT2D eigenvalue weighted by Gasteiger charge is -2.06.